The molecule has 13 heavy (non-hydrogen) atoms. The van der Waals surface area contributed by atoms with Gasteiger partial charge >= 0.3 is 0 Å². The van der Waals surface area contributed by atoms with Gasteiger partial charge in [-0.2, -0.15) is 0 Å². The number of nitrogens with one attached hydrogen (secondary N) is 1. The van der Waals surface area contributed by atoms with E-state index in [4.69, 9.17) is 5.73 Å². The van der Waals surface area contributed by atoms with E-state index < -0.39 is 5.60 Å². The van der Waals surface area contributed by atoms with Crippen LogP contribution in [0.4, 0.5) is 0 Å². The van der Waals surface area contributed by atoms with Crippen LogP contribution in [0.25, 0.3) is 0 Å². The van der Waals surface area contributed by atoms with E-state index in [1.807, 2.05) is 6.92 Å². The Balaban J connectivity index is 2.57. The minimum absolute atomic E-state index is 0.186. The van der Waals surface area contributed by atoms with Gasteiger partial charge in [-0.25, -0.2) is 0 Å². The first kappa shape index (κ1) is 11.0. The zero-order chi connectivity index (χ0) is 9.90. The number of hydrogen-bond donors (Lipinski definition) is 3. The summed E-state index contributed by atoms with van der Waals surface area (Å²) in [7, 11) is 0. The van der Waals surface area contributed by atoms with Crippen LogP contribution in [0.5, 0.6) is 0 Å². The fourth-order valence-corrected chi connectivity index (χ4v) is 2.05. The van der Waals surface area contributed by atoms with E-state index in [9.17, 15) is 5.11 Å². The van der Waals surface area contributed by atoms with E-state index in [1.54, 1.807) is 0 Å². The van der Waals surface area contributed by atoms with Crippen LogP contribution >= 0.6 is 0 Å². The molecule has 4 N–H and O–H groups in total. The molecule has 1 fully saturated rings. The van der Waals surface area contributed by atoms with Gasteiger partial charge < -0.3 is 16.2 Å². The van der Waals surface area contributed by atoms with E-state index in [2.05, 4.69) is 12.2 Å². The van der Waals surface area contributed by atoms with Gasteiger partial charge in [-0.15, -0.1) is 0 Å². The fourth-order valence-electron chi connectivity index (χ4n) is 2.05. The number of aliphatic hydroxyl groups is 1. The van der Waals surface area contributed by atoms with Gasteiger partial charge in [0.25, 0.3) is 0 Å². The SMILES string of the molecule is CCC(O)(CN)C1CC(C)CCN1. The molecule has 1 aliphatic rings. The predicted octanol–water partition coefficient (Wildman–Crippen LogP) is 0.474. The first-order chi connectivity index (χ1) is 6.12. The zero-order valence-electron chi connectivity index (χ0n) is 8.71. The lowest BCUT2D eigenvalue weighted by atomic mass is 9.82. The number of hydrogen-bond acceptors (Lipinski definition) is 3. The lowest BCUT2D eigenvalue weighted by Crippen LogP contribution is -2.57. The van der Waals surface area contributed by atoms with Crippen molar-refractivity contribution in [3.63, 3.8) is 0 Å². The molecule has 78 valence electrons. The lowest BCUT2D eigenvalue weighted by Gasteiger charge is -2.39. The first-order valence-corrected chi connectivity index (χ1v) is 5.28. The standard InChI is InChI=1S/C10H22N2O/c1-3-10(13,7-11)9-6-8(2)4-5-12-9/h8-9,12-13H,3-7,11H2,1-2H3. The highest BCUT2D eigenvalue weighted by atomic mass is 16.3. The van der Waals surface area contributed by atoms with Gasteiger partial charge in [0, 0.05) is 12.6 Å². The van der Waals surface area contributed by atoms with E-state index in [-0.39, 0.29) is 6.04 Å². The summed E-state index contributed by atoms with van der Waals surface area (Å²) in [4.78, 5) is 0. The third kappa shape index (κ3) is 2.42. The molecule has 3 nitrogen and oxygen atoms in total. The van der Waals surface area contributed by atoms with E-state index in [0.717, 1.165) is 19.4 Å². The van der Waals surface area contributed by atoms with Crippen LogP contribution in [-0.4, -0.2) is 29.8 Å². The second-order valence-electron chi connectivity index (χ2n) is 4.30. The summed E-state index contributed by atoms with van der Waals surface area (Å²) in [6, 6.07) is 0.186. The summed E-state index contributed by atoms with van der Waals surface area (Å²) >= 11 is 0. The van der Waals surface area contributed by atoms with Crippen molar-refractivity contribution < 1.29 is 5.11 Å². The summed E-state index contributed by atoms with van der Waals surface area (Å²) < 4.78 is 0. The van der Waals surface area contributed by atoms with Gasteiger partial charge in [0.2, 0.25) is 0 Å². The molecule has 1 heterocycles. The lowest BCUT2D eigenvalue weighted by molar-refractivity contribution is -0.00892. The van der Waals surface area contributed by atoms with Gasteiger partial charge in [-0.05, 0) is 31.7 Å². The Morgan fingerprint density at radius 2 is 2.31 bits per heavy atom. The van der Waals surface area contributed by atoms with Crippen LogP contribution in [0.3, 0.4) is 0 Å². The van der Waals surface area contributed by atoms with Crippen molar-refractivity contribution in [2.45, 2.75) is 44.8 Å². The maximum Gasteiger partial charge on any atom is 0.0918 e. The summed E-state index contributed by atoms with van der Waals surface area (Å²) in [5, 5.41) is 13.5. The Morgan fingerprint density at radius 1 is 1.62 bits per heavy atom. The predicted molar refractivity (Wildman–Crippen MR) is 54.5 cm³/mol. The van der Waals surface area contributed by atoms with Gasteiger partial charge in [-0.1, -0.05) is 13.8 Å². The van der Waals surface area contributed by atoms with E-state index in [0.29, 0.717) is 12.5 Å². The molecule has 0 radical (unpaired) electrons. The van der Waals surface area contributed by atoms with Gasteiger partial charge in [0.05, 0.1) is 5.60 Å². The van der Waals surface area contributed by atoms with Crippen molar-refractivity contribution >= 4 is 0 Å². The highest BCUT2D eigenvalue weighted by molar-refractivity contribution is 4.94. The Morgan fingerprint density at radius 3 is 2.77 bits per heavy atom. The van der Waals surface area contributed by atoms with Gasteiger partial charge in [0.1, 0.15) is 0 Å². The number of piperidine rings is 1. The quantitative estimate of drug-likeness (QED) is 0.600. The first-order valence-electron chi connectivity index (χ1n) is 5.28. The van der Waals surface area contributed by atoms with Gasteiger partial charge in [0.15, 0.2) is 0 Å². The number of rotatable bonds is 3. The molecule has 1 saturated heterocycles. The molecule has 0 aromatic carbocycles. The zero-order valence-corrected chi connectivity index (χ0v) is 8.71. The minimum atomic E-state index is -0.700. The molecule has 0 spiro atoms. The molecule has 0 bridgehead atoms. The van der Waals surface area contributed by atoms with Crippen LogP contribution in [-0.2, 0) is 0 Å². The van der Waals surface area contributed by atoms with Crippen LogP contribution < -0.4 is 11.1 Å². The molecular formula is C10H22N2O. The molecule has 3 heteroatoms. The molecule has 0 aromatic rings. The fraction of sp³-hybridized carbons (Fsp3) is 1.00. The molecule has 1 rings (SSSR count). The van der Waals surface area contributed by atoms with E-state index in [1.165, 1.54) is 6.42 Å². The third-order valence-electron chi connectivity index (χ3n) is 3.28. The van der Waals surface area contributed by atoms with E-state index >= 15 is 0 Å². The average Bonchev–Trinajstić information content (AvgIpc) is 2.17. The highest BCUT2D eigenvalue weighted by Crippen LogP contribution is 2.24. The average molecular weight is 186 g/mol. The Labute approximate surface area is 80.7 Å². The monoisotopic (exact) mass is 186 g/mol. The maximum atomic E-state index is 10.2. The molecule has 1 aliphatic heterocycles. The van der Waals surface area contributed by atoms with Crippen molar-refractivity contribution in [3.8, 4) is 0 Å². The normalized spacial score (nSPS) is 34.2. The Hall–Kier alpha value is -0.120. The van der Waals surface area contributed by atoms with Crippen molar-refractivity contribution in [3.05, 3.63) is 0 Å². The smallest absolute Gasteiger partial charge is 0.0918 e. The summed E-state index contributed by atoms with van der Waals surface area (Å²) in [6.45, 7) is 5.59. The van der Waals surface area contributed by atoms with Crippen molar-refractivity contribution in [2.24, 2.45) is 11.7 Å². The topological polar surface area (TPSA) is 58.3 Å². The Bertz CT molecular complexity index is 157. The molecule has 3 unspecified atom stereocenters. The van der Waals surface area contributed by atoms with Gasteiger partial charge in [-0.3, -0.25) is 0 Å². The van der Waals surface area contributed by atoms with Crippen LogP contribution in [0.2, 0.25) is 0 Å². The van der Waals surface area contributed by atoms with Crippen molar-refractivity contribution in [2.75, 3.05) is 13.1 Å². The summed E-state index contributed by atoms with van der Waals surface area (Å²) in [6.07, 6.45) is 2.98. The highest BCUT2D eigenvalue weighted by Gasteiger charge is 2.35. The minimum Gasteiger partial charge on any atom is -0.387 e. The number of nitrogens with two attached hydrogens (primary N) is 1. The second-order valence-corrected chi connectivity index (χ2v) is 4.30. The summed E-state index contributed by atoms with van der Waals surface area (Å²) in [5.41, 5.74) is 4.90. The molecule has 0 aliphatic carbocycles. The molecular weight excluding hydrogens is 164 g/mol. The van der Waals surface area contributed by atoms with Crippen LogP contribution in [0.15, 0.2) is 0 Å². The largest absolute Gasteiger partial charge is 0.387 e. The molecule has 3 atom stereocenters. The van der Waals surface area contributed by atoms with Crippen LogP contribution in [0.1, 0.15) is 33.1 Å². The summed E-state index contributed by atoms with van der Waals surface area (Å²) in [5.74, 6) is 0.705. The maximum absolute atomic E-state index is 10.2. The molecule has 0 amide bonds. The van der Waals surface area contributed by atoms with Crippen LogP contribution in [0, 0.1) is 5.92 Å². The Kier molecular flexibility index (Phi) is 3.71. The second kappa shape index (κ2) is 4.40. The van der Waals surface area contributed by atoms with Crippen molar-refractivity contribution in [1.82, 2.24) is 5.32 Å². The molecule has 0 saturated carbocycles. The third-order valence-corrected chi connectivity index (χ3v) is 3.28. The van der Waals surface area contributed by atoms with Crippen molar-refractivity contribution in [1.29, 1.82) is 0 Å². The molecule has 0 aromatic heterocycles.